The molecule has 0 aliphatic carbocycles. The molecule has 0 spiro atoms. The zero-order valence-corrected chi connectivity index (χ0v) is 22.1. The number of ether oxygens (including phenoxy) is 2. The van der Waals surface area contributed by atoms with Crippen LogP contribution in [0.1, 0.15) is 39.5 Å². The molecule has 0 saturated heterocycles. The van der Waals surface area contributed by atoms with Gasteiger partial charge in [-0.15, -0.1) is 0 Å². The molecule has 0 fully saturated rings. The predicted molar refractivity (Wildman–Crippen MR) is 147 cm³/mol. The number of thiazole rings is 1. The summed E-state index contributed by atoms with van der Waals surface area (Å²) >= 11 is 0.899. The molecule has 1 aliphatic rings. The number of ketones is 1. The number of phenols is 1. The molecule has 0 bridgehead atoms. The third-order valence-corrected chi connectivity index (χ3v) is 6.95. The van der Waals surface area contributed by atoms with Gasteiger partial charge in [-0.1, -0.05) is 66.5 Å². The first-order valence-electron chi connectivity index (χ1n) is 12.0. The number of hydrogen-bond donors (Lipinski definition) is 2. The van der Waals surface area contributed by atoms with Gasteiger partial charge in [0, 0.05) is 0 Å². The number of carbonyl (C=O) groups excluding carboxylic acids is 3. The summed E-state index contributed by atoms with van der Waals surface area (Å²) in [4.78, 5) is 45.1. The van der Waals surface area contributed by atoms with Crippen molar-refractivity contribution in [3.63, 3.8) is 0 Å². The Morgan fingerprint density at radius 2 is 1.92 bits per heavy atom. The van der Waals surface area contributed by atoms with Crippen LogP contribution < -0.4 is 9.64 Å². The van der Waals surface area contributed by atoms with E-state index in [0.29, 0.717) is 11.3 Å². The summed E-state index contributed by atoms with van der Waals surface area (Å²) in [6.45, 7) is 7.13. The molecule has 0 radical (unpaired) electrons. The van der Waals surface area contributed by atoms with E-state index in [1.807, 2.05) is 18.2 Å². The molecule has 1 atom stereocenters. The van der Waals surface area contributed by atoms with Crippen molar-refractivity contribution in [2.45, 2.75) is 19.9 Å². The summed E-state index contributed by atoms with van der Waals surface area (Å²) in [5.41, 5.74) is 1.28. The van der Waals surface area contributed by atoms with Gasteiger partial charge in [0.15, 0.2) is 28.2 Å². The highest BCUT2D eigenvalue weighted by Gasteiger charge is 2.45. The van der Waals surface area contributed by atoms with Gasteiger partial charge in [-0.2, -0.15) is 0 Å². The number of rotatable bonds is 10. The first kappa shape index (κ1) is 27.3. The number of esters is 1. The molecule has 0 saturated carbocycles. The van der Waals surface area contributed by atoms with Crippen LogP contribution in [0.5, 0.6) is 11.5 Å². The lowest BCUT2D eigenvalue weighted by molar-refractivity contribution is -0.117. The Labute approximate surface area is 229 Å². The predicted octanol–water partition coefficient (Wildman–Crippen LogP) is 5.08. The number of hydrogen-bond acceptors (Lipinski definition) is 9. The van der Waals surface area contributed by atoms with Crippen molar-refractivity contribution in [3.05, 3.63) is 100 Å². The maximum Gasteiger partial charge on any atom is 0.350 e. The Balaban J connectivity index is 1.81. The average molecular weight is 547 g/mol. The molecule has 2 aromatic carbocycles. The fraction of sp³-hybridized carbons (Fsp3) is 0.172. The van der Waals surface area contributed by atoms with Crippen LogP contribution >= 0.6 is 11.3 Å². The molecule has 39 heavy (non-hydrogen) atoms. The number of aromatic hydroxyl groups is 1. The van der Waals surface area contributed by atoms with Gasteiger partial charge in [0.1, 0.15) is 11.5 Å². The van der Waals surface area contributed by atoms with E-state index in [9.17, 15) is 24.6 Å². The number of phenolic OH excluding ortho intramolecular Hbond substituents is 1. The van der Waals surface area contributed by atoms with Crippen molar-refractivity contribution in [2.75, 3.05) is 18.1 Å². The fourth-order valence-electron chi connectivity index (χ4n) is 4.04. The van der Waals surface area contributed by atoms with E-state index >= 15 is 0 Å². The first-order chi connectivity index (χ1) is 18.8. The third kappa shape index (κ3) is 5.60. The van der Waals surface area contributed by atoms with E-state index in [1.54, 1.807) is 32.1 Å². The number of allylic oxidation sites excluding steroid dienone is 1. The molecule has 2 N–H and O–H groups in total. The number of benzene rings is 2. The molecule has 9 nitrogen and oxygen atoms in total. The van der Waals surface area contributed by atoms with Crippen molar-refractivity contribution in [3.8, 4) is 11.5 Å². The van der Waals surface area contributed by atoms with Gasteiger partial charge in [0.05, 0.1) is 23.9 Å². The minimum Gasteiger partial charge on any atom is -0.504 e. The van der Waals surface area contributed by atoms with Crippen molar-refractivity contribution in [1.82, 2.24) is 4.98 Å². The zero-order chi connectivity index (χ0) is 28.1. The lowest BCUT2D eigenvalue weighted by Crippen LogP contribution is -2.30. The van der Waals surface area contributed by atoms with Gasteiger partial charge in [0.25, 0.3) is 5.91 Å². The first-order valence-corrected chi connectivity index (χ1v) is 12.8. The van der Waals surface area contributed by atoms with E-state index in [2.05, 4.69) is 11.6 Å². The van der Waals surface area contributed by atoms with E-state index in [-0.39, 0.29) is 40.3 Å². The number of aliphatic hydroxyl groups is 1. The summed E-state index contributed by atoms with van der Waals surface area (Å²) in [7, 11) is 0. The second-order valence-corrected chi connectivity index (χ2v) is 9.38. The van der Waals surface area contributed by atoms with Crippen molar-refractivity contribution in [2.24, 2.45) is 0 Å². The van der Waals surface area contributed by atoms with Crippen LogP contribution in [0, 0.1) is 6.92 Å². The van der Waals surface area contributed by atoms with Crippen LogP contribution in [0.4, 0.5) is 5.13 Å². The van der Waals surface area contributed by atoms with E-state index < -0.39 is 29.5 Å². The summed E-state index contributed by atoms with van der Waals surface area (Å²) in [6.07, 6.45) is 4.29. The maximum absolute atomic E-state index is 13.4. The van der Waals surface area contributed by atoms with E-state index in [1.165, 1.54) is 30.4 Å². The third-order valence-electron chi connectivity index (χ3n) is 5.81. The van der Waals surface area contributed by atoms with Crippen LogP contribution in [0.2, 0.25) is 0 Å². The number of aliphatic hydroxyl groups excluding tert-OH is 1. The van der Waals surface area contributed by atoms with Gasteiger partial charge < -0.3 is 19.7 Å². The standard InChI is InChI=1S/C29H26N2O7S/c1-4-15-38-28(36)26-17(3)30-29(39-26)31-24(19-12-14-20(32)22(16-19)37-5-2)23(25(34)27(31)35)21(33)13-11-18-9-7-6-8-10-18/h4,6-14,16,24,32,34H,1,5,15H2,2-3H3/b13-11+. The molecule has 10 heteroatoms. The topological polar surface area (TPSA) is 126 Å². The van der Waals surface area contributed by atoms with Crippen LogP contribution in [0.15, 0.2) is 78.6 Å². The molecular formula is C29H26N2O7S. The maximum atomic E-state index is 13.4. The monoisotopic (exact) mass is 546 g/mol. The molecule has 4 rings (SSSR count). The Hall–Kier alpha value is -4.70. The summed E-state index contributed by atoms with van der Waals surface area (Å²) in [6, 6.07) is 12.4. The van der Waals surface area contributed by atoms with E-state index in [4.69, 9.17) is 9.47 Å². The number of aryl methyl sites for hydroxylation is 1. The largest absolute Gasteiger partial charge is 0.504 e. The molecular weight excluding hydrogens is 520 g/mol. The molecule has 1 amide bonds. The fourth-order valence-corrected chi connectivity index (χ4v) is 5.03. The smallest absolute Gasteiger partial charge is 0.350 e. The number of carbonyl (C=O) groups is 3. The van der Waals surface area contributed by atoms with Crippen molar-refractivity contribution in [1.29, 1.82) is 0 Å². The van der Waals surface area contributed by atoms with Crippen LogP contribution in [-0.2, 0) is 14.3 Å². The summed E-state index contributed by atoms with van der Waals surface area (Å²) in [5, 5.41) is 21.3. The van der Waals surface area contributed by atoms with E-state index in [0.717, 1.165) is 21.8 Å². The molecule has 1 aromatic heterocycles. The summed E-state index contributed by atoms with van der Waals surface area (Å²) < 4.78 is 10.6. The minimum absolute atomic E-state index is 0.000761. The second-order valence-electron chi connectivity index (χ2n) is 8.41. The van der Waals surface area contributed by atoms with Crippen LogP contribution in [0.3, 0.4) is 0 Å². The lowest BCUT2D eigenvalue weighted by Gasteiger charge is -2.24. The van der Waals surface area contributed by atoms with Gasteiger partial charge in [0.2, 0.25) is 0 Å². The van der Waals surface area contributed by atoms with Crippen molar-refractivity contribution >= 4 is 40.2 Å². The van der Waals surface area contributed by atoms with Crippen LogP contribution in [0.25, 0.3) is 6.08 Å². The number of nitrogens with zero attached hydrogens (tertiary/aromatic N) is 2. The number of aromatic nitrogens is 1. The summed E-state index contributed by atoms with van der Waals surface area (Å²) in [5.74, 6) is -2.81. The molecule has 2 heterocycles. The van der Waals surface area contributed by atoms with Crippen molar-refractivity contribution < 1.29 is 34.1 Å². The van der Waals surface area contributed by atoms with Gasteiger partial charge in [-0.25, -0.2) is 9.78 Å². The Kier molecular flexibility index (Phi) is 8.26. The quantitative estimate of drug-likeness (QED) is 0.205. The lowest BCUT2D eigenvalue weighted by atomic mass is 9.95. The minimum atomic E-state index is -1.12. The van der Waals surface area contributed by atoms with Crippen LogP contribution in [-0.4, -0.2) is 46.1 Å². The molecule has 200 valence electrons. The van der Waals surface area contributed by atoms with Gasteiger partial charge >= 0.3 is 5.97 Å². The number of anilines is 1. The highest BCUT2D eigenvalue weighted by Crippen LogP contribution is 2.44. The highest BCUT2D eigenvalue weighted by molar-refractivity contribution is 7.17. The van der Waals surface area contributed by atoms with Gasteiger partial charge in [-0.05, 0) is 43.2 Å². The number of amides is 1. The molecule has 1 unspecified atom stereocenters. The SMILES string of the molecule is C=CCOC(=O)c1sc(N2C(=O)C(O)=C(C(=O)/C=C/c3ccccc3)C2c2ccc(O)c(OCC)c2)nc1C. The Bertz CT molecular complexity index is 1490. The Morgan fingerprint density at radius 1 is 1.18 bits per heavy atom. The zero-order valence-electron chi connectivity index (χ0n) is 21.3. The highest BCUT2D eigenvalue weighted by atomic mass is 32.1. The Morgan fingerprint density at radius 3 is 2.62 bits per heavy atom. The molecule has 1 aliphatic heterocycles. The average Bonchev–Trinajstić information content (AvgIpc) is 3.44. The molecule has 3 aromatic rings. The normalized spacial score (nSPS) is 15.2. The second kappa shape index (κ2) is 11.8. The van der Waals surface area contributed by atoms with Gasteiger partial charge in [-0.3, -0.25) is 14.5 Å².